The van der Waals surface area contributed by atoms with Crippen molar-refractivity contribution in [3.05, 3.63) is 11.8 Å². The summed E-state index contributed by atoms with van der Waals surface area (Å²) in [6.07, 6.45) is 1.28. The summed E-state index contributed by atoms with van der Waals surface area (Å²) >= 11 is 0. The Morgan fingerprint density at radius 2 is 2.12 bits per heavy atom. The molecule has 0 spiro atoms. The van der Waals surface area contributed by atoms with Gasteiger partial charge in [0.1, 0.15) is 6.10 Å². The lowest BCUT2D eigenvalue weighted by atomic mass is 10.2. The number of rotatable bonds is 6. The SMILES string of the molecule is CC(OCC1CCCO1)C(=O)N1CCOC(c2nnc(C(C)C)o2)C1. The molecule has 8 nitrogen and oxygen atoms in total. The molecule has 1 amide bonds. The Morgan fingerprint density at radius 1 is 1.28 bits per heavy atom. The molecule has 3 atom stereocenters. The van der Waals surface area contributed by atoms with E-state index in [1.54, 1.807) is 11.8 Å². The van der Waals surface area contributed by atoms with E-state index in [0.717, 1.165) is 19.4 Å². The van der Waals surface area contributed by atoms with Gasteiger partial charge in [-0.15, -0.1) is 10.2 Å². The molecule has 1 aromatic heterocycles. The topological polar surface area (TPSA) is 86.9 Å². The Kier molecular flexibility index (Phi) is 6.03. The van der Waals surface area contributed by atoms with Crippen LogP contribution in [-0.4, -0.2) is 66.1 Å². The molecule has 3 rings (SSSR count). The van der Waals surface area contributed by atoms with Gasteiger partial charge in [0.05, 0.1) is 25.9 Å². The summed E-state index contributed by atoms with van der Waals surface area (Å²) in [7, 11) is 0. The average Bonchev–Trinajstić information content (AvgIpc) is 3.30. The molecule has 0 aromatic carbocycles. The number of carbonyl (C=O) groups is 1. The van der Waals surface area contributed by atoms with Gasteiger partial charge in [0.25, 0.3) is 5.91 Å². The van der Waals surface area contributed by atoms with Gasteiger partial charge in [-0.2, -0.15) is 0 Å². The van der Waals surface area contributed by atoms with Gasteiger partial charge < -0.3 is 23.5 Å². The minimum atomic E-state index is -0.503. The van der Waals surface area contributed by atoms with Crippen molar-refractivity contribution in [2.75, 3.05) is 32.9 Å². The molecule has 0 saturated carbocycles. The van der Waals surface area contributed by atoms with E-state index in [2.05, 4.69) is 10.2 Å². The van der Waals surface area contributed by atoms with Crippen LogP contribution in [0.3, 0.4) is 0 Å². The zero-order valence-electron chi connectivity index (χ0n) is 15.1. The molecule has 2 aliphatic heterocycles. The number of amides is 1. The molecule has 0 aliphatic carbocycles. The van der Waals surface area contributed by atoms with E-state index in [-0.39, 0.29) is 24.0 Å². The zero-order valence-corrected chi connectivity index (χ0v) is 15.1. The molecule has 2 saturated heterocycles. The molecular weight excluding hydrogens is 326 g/mol. The van der Waals surface area contributed by atoms with Crippen LogP contribution in [0, 0.1) is 0 Å². The smallest absolute Gasteiger partial charge is 0.251 e. The van der Waals surface area contributed by atoms with Crippen LogP contribution in [0.25, 0.3) is 0 Å². The van der Waals surface area contributed by atoms with Crippen molar-refractivity contribution >= 4 is 5.91 Å². The van der Waals surface area contributed by atoms with Crippen molar-refractivity contribution < 1.29 is 23.4 Å². The Balaban J connectivity index is 1.53. The van der Waals surface area contributed by atoms with Crippen molar-refractivity contribution in [3.8, 4) is 0 Å². The fourth-order valence-electron chi connectivity index (χ4n) is 2.96. The maximum absolute atomic E-state index is 12.6. The Labute approximate surface area is 147 Å². The normalized spacial score (nSPS) is 25.5. The van der Waals surface area contributed by atoms with Gasteiger partial charge in [-0.3, -0.25) is 4.79 Å². The maximum Gasteiger partial charge on any atom is 0.251 e. The second kappa shape index (κ2) is 8.25. The van der Waals surface area contributed by atoms with Gasteiger partial charge >= 0.3 is 0 Å². The molecule has 2 aliphatic rings. The third kappa shape index (κ3) is 4.56. The van der Waals surface area contributed by atoms with Gasteiger partial charge in [0, 0.05) is 19.1 Å². The Bertz CT molecular complexity index is 570. The summed E-state index contributed by atoms with van der Waals surface area (Å²) < 4.78 is 22.6. The van der Waals surface area contributed by atoms with Gasteiger partial charge in [-0.25, -0.2) is 0 Å². The molecule has 140 valence electrons. The first-order valence-electron chi connectivity index (χ1n) is 9.01. The summed E-state index contributed by atoms with van der Waals surface area (Å²) in [5.41, 5.74) is 0. The summed E-state index contributed by atoms with van der Waals surface area (Å²) in [6.45, 7) is 8.37. The van der Waals surface area contributed by atoms with Gasteiger partial charge in [0.15, 0.2) is 6.10 Å². The lowest BCUT2D eigenvalue weighted by molar-refractivity contribution is -0.152. The van der Waals surface area contributed by atoms with E-state index in [9.17, 15) is 4.79 Å². The molecule has 3 heterocycles. The summed E-state index contributed by atoms with van der Waals surface area (Å²) in [4.78, 5) is 14.4. The van der Waals surface area contributed by atoms with Crippen molar-refractivity contribution in [2.24, 2.45) is 0 Å². The molecule has 25 heavy (non-hydrogen) atoms. The molecule has 8 heteroatoms. The molecular formula is C17H27N3O5. The van der Waals surface area contributed by atoms with Crippen molar-refractivity contribution in [1.82, 2.24) is 15.1 Å². The number of hydrogen-bond donors (Lipinski definition) is 0. The largest absolute Gasteiger partial charge is 0.422 e. The fourth-order valence-corrected chi connectivity index (χ4v) is 2.96. The first-order chi connectivity index (χ1) is 12.0. The van der Waals surface area contributed by atoms with E-state index < -0.39 is 6.10 Å². The highest BCUT2D eigenvalue weighted by atomic mass is 16.5. The number of carbonyl (C=O) groups excluding carboxylic acids is 1. The lowest BCUT2D eigenvalue weighted by Crippen LogP contribution is -2.47. The number of aromatic nitrogens is 2. The third-order valence-electron chi connectivity index (χ3n) is 4.51. The first kappa shape index (κ1) is 18.3. The minimum Gasteiger partial charge on any atom is -0.422 e. The number of hydrogen-bond acceptors (Lipinski definition) is 7. The number of ether oxygens (including phenoxy) is 3. The van der Waals surface area contributed by atoms with Crippen LogP contribution in [-0.2, 0) is 19.0 Å². The van der Waals surface area contributed by atoms with E-state index in [1.807, 2.05) is 13.8 Å². The first-order valence-corrected chi connectivity index (χ1v) is 9.01. The fraction of sp³-hybridized carbons (Fsp3) is 0.824. The van der Waals surface area contributed by atoms with Crippen molar-refractivity contribution in [3.63, 3.8) is 0 Å². The second-order valence-electron chi connectivity index (χ2n) is 6.89. The highest BCUT2D eigenvalue weighted by Gasteiger charge is 2.32. The minimum absolute atomic E-state index is 0.0464. The van der Waals surface area contributed by atoms with Crippen LogP contribution in [0.1, 0.15) is 57.4 Å². The summed E-state index contributed by atoms with van der Waals surface area (Å²) in [6, 6.07) is 0. The quantitative estimate of drug-likeness (QED) is 0.769. The van der Waals surface area contributed by atoms with Crippen LogP contribution in [0.4, 0.5) is 0 Å². The predicted molar refractivity (Wildman–Crippen MR) is 88.0 cm³/mol. The molecule has 2 fully saturated rings. The van der Waals surface area contributed by atoms with Gasteiger partial charge in [-0.1, -0.05) is 13.8 Å². The standard InChI is InChI=1S/C17H27N3O5/c1-11(2)15-18-19-16(25-15)14-9-20(6-8-23-14)17(21)12(3)24-10-13-5-4-7-22-13/h11-14H,4-10H2,1-3H3. The Morgan fingerprint density at radius 3 is 2.80 bits per heavy atom. The zero-order chi connectivity index (χ0) is 17.8. The van der Waals surface area contributed by atoms with E-state index in [0.29, 0.717) is 38.1 Å². The maximum atomic E-state index is 12.6. The molecule has 0 bridgehead atoms. The average molecular weight is 353 g/mol. The third-order valence-corrected chi connectivity index (χ3v) is 4.51. The van der Waals surface area contributed by atoms with Gasteiger partial charge in [0.2, 0.25) is 11.8 Å². The van der Waals surface area contributed by atoms with Crippen LogP contribution < -0.4 is 0 Å². The van der Waals surface area contributed by atoms with Crippen LogP contribution >= 0.6 is 0 Å². The van der Waals surface area contributed by atoms with Crippen molar-refractivity contribution in [1.29, 1.82) is 0 Å². The molecule has 1 aromatic rings. The summed E-state index contributed by atoms with van der Waals surface area (Å²) in [5, 5.41) is 8.09. The van der Waals surface area contributed by atoms with E-state index in [1.165, 1.54) is 0 Å². The second-order valence-corrected chi connectivity index (χ2v) is 6.89. The predicted octanol–water partition coefficient (Wildman–Crippen LogP) is 1.68. The van der Waals surface area contributed by atoms with Crippen LogP contribution in [0.2, 0.25) is 0 Å². The Hall–Kier alpha value is -1.51. The van der Waals surface area contributed by atoms with E-state index in [4.69, 9.17) is 18.6 Å². The van der Waals surface area contributed by atoms with Crippen LogP contribution in [0.15, 0.2) is 4.42 Å². The molecule has 3 unspecified atom stereocenters. The highest BCUT2D eigenvalue weighted by molar-refractivity contribution is 5.80. The lowest BCUT2D eigenvalue weighted by Gasteiger charge is -2.33. The molecule has 0 N–H and O–H groups in total. The molecule has 0 radical (unpaired) electrons. The van der Waals surface area contributed by atoms with E-state index >= 15 is 0 Å². The number of morpholine rings is 1. The van der Waals surface area contributed by atoms with Gasteiger partial charge in [-0.05, 0) is 19.8 Å². The number of nitrogens with zero attached hydrogens (tertiary/aromatic N) is 3. The van der Waals surface area contributed by atoms with Crippen LogP contribution in [0.5, 0.6) is 0 Å². The summed E-state index contributed by atoms with van der Waals surface area (Å²) in [5.74, 6) is 1.12. The van der Waals surface area contributed by atoms with Crippen molar-refractivity contribution in [2.45, 2.75) is 57.8 Å². The highest BCUT2D eigenvalue weighted by Crippen LogP contribution is 2.24. The monoisotopic (exact) mass is 353 g/mol.